The lowest BCUT2D eigenvalue weighted by molar-refractivity contribution is -0.384. The van der Waals surface area contributed by atoms with E-state index < -0.39 is 0 Å². The third-order valence-corrected chi connectivity index (χ3v) is 6.71. The molecule has 220 valence electrons. The first-order valence-electron chi connectivity index (χ1n) is 14.9. The number of hydrogen-bond donors (Lipinski definition) is 1. The van der Waals surface area contributed by atoms with Gasteiger partial charge in [0.05, 0.1) is 16.2 Å². The summed E-state index contributed by atoms with van der Waals surface area (Å²) in [5.74, 6) is 0. The Balaban J connectivity index is 1.85. The number of nitrogens with zero attached hydrogens (tertiary/aromatic N) is 3. The van der Waals surface area contributed by atoms with Crippen molar-refractivity contribution in [2.24, 2.45) is 10.2 Å². The number of carbonyl (C=O) groups is 1. The van der Waals surface area contributed by atoms with Crippen LogP contribution >= 0.6 is 0 Å². The summed E-state index contributed by atoms with van der Waals surface area (Å²) in [6, 6.07) is 12.8. The second-order valence-electron chi connectivity index (χ2n) is 11.4. The number of azo groups is 1. The van der Waals surface area contributed by atoms with E-state index in [1.54, 1.807) is 12.1 Å². The fraction of sp³-hybridized carbons (Fsp3) is 0.594. The van der Waals surface area contributed by atoms with E-state index in [0.717, 1.165) is 30.4 Å². The molecule has 2 aromatic carbocycles. The molecule has 1 amide bonds. The Bertz CT molecular complexity index is 1050. The molecule has 1 unspecified atom stereocenters. The summed E-state index contributed by atoms with van der Waals surface area (Å²) >= 11 is 0. The average Bonchev–Trinajstić information content (AvgIpc) is 2.91. The normalized spacial score (nSPS) is 12.5. The molecule has 0 aliphatic carbocycles. The minimum Gasteiger partial charge on any atom is -0.353 e. The zero-order valence-electron chi connectivity index (χ0n) is 24.9. The Morgan fingerprint density at radius 1 is 0.875 bits per heavy atom. The maximum atomic E-state index is 11.7. The smallest absolute Gasteiger partial charge is 0.296 e. The van der Waals surface area contributed by atoms with Gasteiger partial charge in [0.2, 0.25) is 6.41 Å². The van der Waals surface area contributed by atoms with Crippen LogP contribution < -0.4 is 5.32 Å². The highest BCUT2D eigenvalue weighted by atomic mass is 16.6. The molecule has 8 heteroatoms. The molecule has 8 nitrogen and oxygen atoms in total. The largest absolute Gasteiger partial charge is 0.353 e. The molecule has 2 aromatic rings. The Labute approximate surface area is 240 Å². The van der Waals surface area contributed by atoms with Gasteiger partial charge in [0.1, 0.15) is 6.23 Å². The summed E-state index contributed by atoms with van der Waals surface area (Å²) in [6.07, 6.45) is 15.1. The van der Waals surface area contributed by atoms with Gasteiger partial charge in [-0.3, -0.25) is 14.9 Å². The number of hydrogen-bond acceptors (Lipinski definition) is 6. The molecule has 0 fully saturated rings. The van der Waals surface area contributed by atoms with E-state index in [1.807, 2.05) is 51.1 Å². The average molecular weight is 553 g/mol. The van der Waals surface area contributed by atoms with Crippen LogP contribution in [0, 0.1) is 10.1 Å². The molecular formula is C32H48N4O4. The predicted octanol–water partition coefficient (Wildman–Crippen LogP) is 9.29. The second kappa shape index (κ2) is 18.3. The highest BCUT2D eigenvalue weighted by Crippen LogP contribution is 2.31. The van der Waals surface area contributed by atoms with Crippen molar-refractivity contribution in [3.05, 3.63) is 63.7 Å². The van der Waals surface area contributed by atoms with Crippen LogP contribution in [0.1, 0.15) is 109 Å². The fourth-order valence-corrected chi connectivity index (χ4v) is 4.59. The lowest BCUT2D eigenvalue weighted by Gasteiger charge is -2.27. The van der Waals surface area contributed by atoms with E-state index in [1.165, 1.54) is 51.4 Å². The maximum Gasteiger partial charge on any atom is 0.296 e. The van der Waals surface area contributed by atoms with E-state index in [4.69, 9.17) is 4.74 Å². The molecule has 0 heterocycles. The molecule has 2 rings (SSSR count). The summed E-state index contributed by atoms with van der Waals surface area (Å²) in [5, 5.41) is 22.8. The van der Waals surface area contributed by atoms with Crippen LogP contribution in [-0.4, -0.2) is 23.2 Å². The van der Waals surface area contributed by atoms with Gasteiger partial charge in [0.15, 0.2) is 5.69 Å². The number of amides is 1. The number of nitro groups is 1. The SMILES string of the molecule is CCCCCCCCCCCCc1ccc(N=Nc2ccc(CCC(NC=O)OC(C)(C)C)cc2)c([N+](=O)[O-])c1. The van der Waals surface area contributed by atoms with E-state index in [9.17, 15) is 14.9 Å². The van der Waals surface area contributed by atoms with Crippen LogP contribution in [0.2, 0.25) is 0 Å². The number of rotatable bonds is 20. The van der Waals surface area contributed by atoms with Gasteiger partial charge < -0.3 is 10.1 Å². The number of carbonyl (C=O) groups excluding carboxylic acids is 1. The topological polar surface area (TPSA) is 106 Å². The summed E-state index contributed by atoms with van der Waals surface area (Å²) in [7, 11) is 0. The minimum atomic E-state index is -0.386. The van der Waals surface area contributed by atoms with Crippen molar-refractivity contribution in [1.82, 2.24) is 5.32 Å². The van der Waals surface area contributed by atoms with E-state index in [2.05, 4.69) is 22.5 Å². The van der Waals surface area contributed by atoms with Crippen molar-refractivity contribution in [2.45, 2.75) is 123 Å². The molecule has 1 atom stereocenters. The predicted molar refractivity (Wildman–Crippen MR) is 161 cm³/mol. The Morgan fingerprint density at radius 2 is 1.48 bits per heavy atom. The van der Waals surface area contributed by atoms with Gasteiger partial charge in [0.25, 0.3) is 5.69 Å². The van der Waals surface area contributed by atoms with E-state index in [-0.39, 0.29) is 28.1 Å². The van der Waals surface area contributed by atoms with Gasteiger partial charge >= 0.3 is 0 Å². The molecule has 1 N–H and O–H groups in total. The third kappa shape index (κ3) is 13.8. The first-order valence-corrected chi connectivity index (χ1v) is 14.9. The lowest BCUT2D eigenvalue weighted by atomic mass is 10.0. The van der Waals surface area contributed by atoms with Gasteiger partial charge in [-0.25, -0.2) is 0 Å². The molecule has 0 spiro atoms. The molecule has 0 saturated carbocycles. The molecule has 0 aliphatic heterocycles. The highest BCUT2D eigenvalue weighted by molar-refractivity contribution is 5.58. The van der Waals surface area contributed by atoms with Crippen molar-refractivity contribution >= 4 is 23.5 Å². The summed E-state index contributed by atoms with van der Waals surface area (Å²) in [4.78, 5) is 22.2. The van der Waals surface area contributed by atoms with Crippen LogP contribution in [-0.2, 0) is 22.4 Å². The zero-order chi connectivity index (χ0) is 29.2. The lowest BCUT2D eigenvalue weighted by Crippen LogP contribution is -2.37. The summed E-state index contributed by atoms with van der Waals surface area (Å²) in [5.41, 5.74) is 2.52. The van der Waals surface area contributed by atoms with Gasteiger partial charge in [-0.15, -0.1) is 5.11 Å². The number of benzene rings is 2. The van der Waals surface area contributed by atoms with Crippen LogP contribution in [0.15, 0.2) is 52.7 Å². The quantitative estimate of drug-likeness (QED) is 0.0441. The van der Waals surface area contributed by atoms with Gasteiger partial charge in [0, 0.05) is 6.07 Å². The molecule has 0 radical (unpaired) electrons. The molecule has 0 bridgehead atoms. The monoisotopic (exact) mass is 552 g/mol. The first-order chi connectivity index (χ1) is 19.2. The number of aryl methyl sites for hydroxylation is 2. The number of unbranched alkanes of at least 4 members (excludes halogenated alkanes) is 9. The zero-order valence-corrected chi connectivity index (χ0v) is 24.9. The molecule has 40 heavy (non-hydrogen) atoms. The number of nitrogens with one attached hydrogen (secondary N) is 1. The second-order valence-corrected chi connectivity index (χ2v) is 11.4. The molecule has 0 saturated heterocycles. The highest BCUT2D eigenvalue weighted by Gasteiger charge is 2.18. The summed E-state index contributed by atoms with van der Waals surface area (Å²) < 4.78 is 5.87. The standard InChI is InChI=1S/C32H48N4O4/c1-5-6-7-8-9-10-11-12-13-14-15-27-18-22-29(30(24-27)36(38)39)35-34-28-20-16-26(17-21-28)19-23-31(33-25-37)40-32(2,3)4/h16-18,20-22,24-25,31H,5-15,19,23H2,1-4H3,(H,33,37). The maximum absolute atomic E-state index is 11.7. The molecule has 0 aromatic heterocycles. The van der Waals surface area contributed by atoms with Crippen LogP contribution in [0.5, 0.6) is 0 Å². The Morgan fingerprint density at radius 3 is 2.05 bits per heavy atom. The number of nitro benzene ring substituents is 1. The fourth-order valence-electron chi connectivity index (χ4n) is 4.59. The molecular weight excluding hydrogens is 504 g/mol. The molecule has 0 aliphatic rings. The van der Waals surface area contributed by atoms with Gasteiger partial charge in [-0.1, -0.05) is 82.9 Å². The van der Waals surface area contributed by atoms with Crippen LogP contribution in [0.3, 0.4) is 0 Å². The van der Waals surface area contributed by atoms with Crippen molar-refractivity contribution < 1.29 is 14.5 Å². The first kappa shape index (κ1) is 33.1. The van der Waals surface area contributed by atoms with E-state index in [0.29, 0.717) is 24.9 Å². The van der Waals surface area contributed by atoms with Gasteiger partial charge in [-0.2, -0.15) is 5.11 Å². The van der Waals surface area contributed by atoms with Crippen molar-refractivity contribution in [2.75, 3.05) is 0 Å². The minimum absolute atomic E-state index is 0.0162. The van der Waals surface area contributed by atoms with Crippen molar-refractivity contribution in [3.8, 4) is 0 Å². The number of ether oxygens (including phenoxy) is 1. The van der Waals surface area contributed by atoms with Crippen molar-refractivity contribution in [3.63, 3.8) is 0 Å². The van der Waals surface area contributed by atoms with Crippen molar-refractivity contribution in [1.29, 1.82) is 0 Å². The Hall–Kier alpha value is -3.13. The third-order valence-electron chi connectivity index (χ3n) is 6.71. The van der Waals surface area contributed by atoms with Crippen LogP contribution in [0.4, 0.5) is 17.1 Å². The van der Waals surface area contributed by atoms with Crippen LogP contribution in [0.25, 0.3) is 0 Å². The van der Waals surface area contributed by atoms with Gasteiger partial charge in [-0.05, 0) is 75.8 Å². The van der Waals surface area contributed by atoms with E-state index >= 15 is 0 Å². The Kier molecular flexibility index (Phi) is 15.1. The summed E-state index contributed by atoms with van der Waals surface area (Å²) in [6.45, 7) is 8.08.